The summed E-state index contributed by atoms with van der Waals surface area (Å²) in [6, 6.07) is 10.5. The van der Waals surface area contributed by atoms with Crippen LogP contribution in [0, 0.1) is 11.3 Å². The summed E-state index contributed by atoms with van der Waals surface area (Å²) < 4.78 is 1.99. The van der Waals surface area contributed by atoms with E-state index in [9.17, 15) is 19.6 Å². The molecule has 12 heteroatoms. The summed E-state index contributed by atoms with van der Waals surface area (Å²) in [6.07, 6.45) is 3.91. The van der Waals surface area contributed by atoms with Gasteiger partial charge < -0.3 is 14.4 Å². The number of rotatable bonds is 5. The van der Waals surface area contributed by atoms with Gasteiger partial charge in [-0.2, -0.15) is 10.2 Å². The van der Waals surface area contributed by atoms with Crippen molar-refractivity contribution in [3.63, 3.8) is 0 Å². The number of nitriles is 1. The highest BCUT2D eigenvalue weighted by Crippen LogP contribution is 2.33. The van der Waals surface area contributed by atoms with Crippen LogP contribution in [0.5, 0.6) is 0 Å². The fourth-order valence-corrected chi connectivity index (χ4v) is 5.41. The fraction of sp³-hybridized carbons (Fsp3) is 0.250. The van der Waals surface area contributed by atoms with Gasteiger partial charge in [-0.3, -0.25) is 24.7 Å². The molecule has 0 saturated carbocycles. The van der Waals surface area contributed by atoms with E-state index in [1.54, 1.807) is 21.9 Å². The molecule has 0 radical (unpaired) electrons. The van der Waals surface area contributed by atoms with Crippen LogP contribution in [-0.2, 0) is 22.7 Å². The molecule has 0 bridgehead atoms. The van der Waals surface area contributed by atoms with Crippen LogP contribution >= 0.6 is 11.6 Å². The number of aromatic nitrogens is 4. The van der Waals surface area contributed by atoms with Gasteiger partial charge in [-0.25, -0.2) is 4.98 Å². The Hall–Kier alpha value is -4.82. The summed E-state index contributed by atoms with van der Waals surface area (Å²) in [4.78, 5) is 54.2. The van der Waals surface area contributed by atoms with Crippen molar-refractivity contribution in [3.05, 3.63) is 70.0 Å². The molecule has 1 N–H and O–H groups in total. The second-order valence-electron chi connectivity index (χ2n) is 10.0. The molecule has 1 unspecified atom stereocenters. The second kappa shape index (κ2) is 9.73. The minimum Gasteiger partial charge on any atom is -0.347 e. The topological polar surface area (TPSA) is 137 Å². The fourth-order valence-electron chi connectivity index (χ4n) is 5.16. The maximum absolute atomic E-state index is 13.1. The highest BCUT2D eigenvalue weighted by Gasteiger charge is 2.39. The molecule has 6 rings (SSSR count). The van der Waals surface area contributed by atoms with E-state index in [0.29, 0.717) is 58.6 Å². The molecule has 1 atom stereocenters. The van der Waals surface area contributed by atoms with Crippen LogP contribution in [0.3, 0.4) is 0 Å². The SMILES string of the molecule is CN(C)c1nc(-c2ncc(C#N)cc2Cl)c2ccn(Cc3ccc4c(c3)CN(C3CCC(=O)NC3=O)C4=O)c2n1. The van der Waals surface area contributed by atoms with E-state index in [0.717, 1.165) is 16.5 Å². The van der Waals surface area contributed by atoms with E-state index in [-0.39, 0.29) is 18.2 Å². The molecule has 3 aromatic heterocycles. The Morgan fingerprint density at radius 1 is 1.15 bits per heavy atom. The van der Waals surface area contributed by atoms with Crippen LogP contribution in [0.4, 0.5) is 5.95 Å². The van der Waals surface area contributed by atoms with E-state index < -0.39 is 11.9 Å². The lowest BCUT2D eigenvalue weighted by Crippen LogP contribution is -2.52. The van der Waals surface area contributed by atoms with Gasteiger partial charge in [-0.15, -0.1) is 0 Å². The molecule has 4 aromatic rings. The van der Waals surface area contributed by atoms with Crippen molar-refractivity contribution in [1.82, 2.24) is 29.7 Å². The number of carbonyl (C=O) groups is 3. The van der Waals surface area contributed by atoms with Crippen molar-refractivity contribution in [3.8, 4) is 17.5 Å². The third-order valence-corrected chi connectivity index (χ3v) is 7.43. The van der Waals surface area contributed by atoms with Crippen LogP contribution in [-0.4, -0.2) is 62.3 Å². The van der Waals surface area contributed by atoms with Crippen molar-refractivity contribution in [1.29, 1.82) is 5.26 Å². The quantitative estimate of drug-likeness (QED) is 0.372. The first-order chi connectivity index (χ1) is 19.2. The Balaban J connectivity index is 1.33. The van der Waals surface area contributed by atoms with Gasteiger partial charge >= 0.3 is 0 Å². The number of carbonyl (C=O) groups excluding carboxylic acids is 3. The van der Waals surface area contributed by atoms with Gasteiger partial charge in [0, 0.05) is 56.9 Å². The molecule has 11 nitrogen and oxygen atoms in total. The zero-order valence-electron chi connectivity index (χ0n) is 21.7. The second-order valence-corrected chi connectivity index (χ2v) is 10.4. The first-order valence-corrected chi connectivity index (χ1v) is 13.0. The van der Waals surface area contributed by atoms with Crippen molar-refractivity contribution in [2.75, 3.05) is 19.0 Å². The number of nitrogens with zero attached hydrogens (tertiary/aromatic N) is 7. The van der Waals surface area contributed by atoms with Crippen molar-refractivity contribution in [2.45, 2.75) is 32.0 Å². The minimum atomic E-state index is -0.656. The van der Waals surface area contributed by atoms with Gasteiger partial charge in [-0.1, -0.05) is 23.7 Å². The predicted molar refractivity (Wildman–Crippen MR) is 146 cm³/mol. The molecule has 1 saturated heterocycles. The minimum absolute atomic E-state index is 0.206. The standard InChI is InChI=1S/C28H23ClN8O3/c1-35(2)28-33-23(24-20(29)10-16(11-30)12-31-24)19-7-8-36(25(19)34-28)13-15-3-4-18-17(9-15)14-37(27(18)40)21-5-6-22(38)32-26(21)39/h3-4,7-10,12,21H,5-6,13-14H2,1-2H3,(H,32,38,39). The molecule has 5 heterocycles. The number of pyridine rings is 1. The highest BCUT2D eigenvalue weighted by molar-refractivity contribution is 6.33. The number of hydrogen-bond acceptors (Lipinski definition) is 8. The molecule has 1 aromatic carbocycles. The van der Waals surface area contributed by atoms with E-state index >= 15 is 0 Å². The summed E-state index contributed by atoms with van der Waals surface area (Å²) >= 11 is 6.49. The molecule has 0 aliphatic carbocycles. The smallest absolute Gasteiger partial charge is 0.255 e. The Bertz CT molecular complexity index is 1770. The van der Waals surface area contributed by atoms with Crippen LogP contribution in [0.15, 0.2) is 42.7 Å². The zero-order valence-corrected chi connectivity index (χ0v) is 22.4. The first kappa shape index (κ1) is 25.5. The largest absolute Gasteiger partial charge is 0.347 e. The number of imide groups is 1. The van der Waals surface area contributed by atoms with E-state index in [1.807, 2.05) is 49.1 Å². The Morgan fingerprint density at radius 3 is 2.70 bits per heavy atom. The van der Waals surface area contributed by atoms with E-state index in [1.165, 1.54) is 6.20 Å². The highest BCUT2D eigenvalue weighted by atomic mass is 35.5. The monoisotopic (exact) mass is 554 g/mol. The summed E-state index contributed by atoms with van der Waals surface area (Å²) in [5.41, 5.74) is 4.40. The van der Waals surface area contributed by atoms with Crippen molar-refractivity contribution < 1.29 is 14.4 Å². The summed E-state index contributed by atoms with van der Waals surface area (Å²) in [5.74, 6) is -0.472. The van der Waals surface area contributed by atoms with Crippen LogP contribution < -0.4 is 10.2 Å². The van der Waals surface area contributed by atoms with Gasteiger partial charge in [0.2, 0.25) is 17.8 Å². The van der Waals surface area contributed by atoms with Crippen LogP contribution in [0.2, 0.25) is 5.02 Å². The number of amides is 3. The molecular weight excluding hydrogens is 532 g/mol. The van der Waals surface area contributed by atoms with E-state index in [2.05, 4.69) is 10.3 Å². The molecule has 200 valence electrons. The van der Waals surface area contributed by atoms with Gasteiger partial charge in [-0.05, 0) is 35.7 Å². The van der Waals surface area contributed by atoms with Gasteiger partial charge in [0.25, 0.3) is 5.91 Å². The van der Waals surface area contributed by atoms with Crippen molar-refractivity contribution >= 4 is 46.3 Å². The van der Waals surface area contributed by atoms with Gasteiger partial charge in [0.15, 0.2) is 0 Å². The van der Waals surface area contributed by atoms with Crippen molar-refractivity contribution in [2.24, 2.45) is 0 Å². The maximum Gasteiger partial charge on any atom is 0.255 e. The zero-order chi connectivity index (χ0) is 28.1. The number of nitrogens with one attached hydrogen (secondary N) is 1. The molecule has 1 fully saturated rings. The van der Waals surface area contributed by atoms with Gasteiger partial charge in [0.1, 0.15) is 29.1 Å². The predicted octanol–water partition coefficient (Wildman–Crippen LogP) is 2.89. The van der Waals surface area contributed by atoms with Crippen LogP contribution in [0.25, 0.3) is 22.4 Å². The average molecular weight is 555 g/mol. The molecule has 0 spiro atoms. The molecule has 2 aliphatic heterocycles. The molecule has 2 aliphatic rings. The molecule has 3 amide bonds. The normalized spacial score (nSPS) is 16.7. The number of hydrogen-bond donors (Lipinski definition) is 1. The summed E-state index contributed by atoms with van der Waals surface area (Å²) in [6.45, 7) is 0.780. The lowest BCUT2D eigenvalue weighted by molar-refractivity contribution is -0.136. The maximum atomic E-state index is 13.1. The summed E-state index contributed by atoms with van der Waals surface area (Å²) in [5, 5.41) is 12.6. The summed E-state index contributed by atoms with van der Waals surface area (Å²) in [7, 11) is 3.69. The van der Waals surface area contributed by atoms with Gasteiger partial charge in [0.05, 0.1) is 10.6 Å². The Kier molecular flexibility index (Phi) is 6.19. The lowest BCUT2D eigenvalue weighted by Gasteiger charge is -2.29. The number of fused-ring (bicyclic) bond motifs is 2. The van der Waals surface area contributed by atoms with Crippen LogP contribution in [0.1, 0.15) is 39.9 Å². The first-order valence-electron chi connectivity index (χ1n) is 12.6. The Labute approximate surface area is 234 Å². The lowest BCUT2D eigenvalue weighted by atomic mass is 10.0. The third kappa shape index (κ3) is 4.32. The number of halogens is 1. The number of benzene rings is 1. The molecule has 40 heavy (non-hydrogen) atoms. The Morgan fingerprint density at radius 2 is 1.98 bits per heavy atom. The molecular formula is C28H23ClN8O3. The number of piperidine rings is 1. The average Bonchev–Trinajstić information content (AvgIpc) is 3.48. The van der Waals surface area contributed by atoms with E-state index in [4.69, 9.17) is 21.6 Å². The third-order valence-electron chi connectivity index (χ3n) is 7.14. The number of anilines is 1.